The van der Waals surface area contributed by atoms with Gasteiger partial charge in [-0.3, -0.25) is 4.79 Å². The minimum atomic E-state index is -0.736. The predicted octanol–water partition coefficient (Wildman–Crippen LogP) is 3.14. The predicted molar refractivity (Wildman–Crippen MR) is 101 cm³/mol. The van der Waals surface area contributed by atoms with E-state index in [0.29, 0.717) is 22.3 Å². The Kier molecular flexibility index (Phi) is 6.02. The molecule has 1 unspecified atom stereocenters. The summed E-state index contributed by atoms with van der Waals surface area (Å²) in [6, 6.07) is 11.0. The van der Waals surface area contributed by atoms with Crippen LogP contribution in [0.1, 0.15) is 6.92 Å². The standard InChI is InChI=1S/C19H17NO5.ClH/c1-11(20)19(22)25-14-7-8-15-17(9-14)24-10-16(18(15)21)12-3-5-13(23-2)6-4-12;/h3-11H,20H2,1-2H3;1H. The number of ether oxygens (including phenoxy) is 2. The number of fused-ring (bicyclic) bond motifs is 1. The highest BCUT2D eigenvalue weighted by molar-refractivity contribution is 5.85. The SMILES string of the molecule is COc1ccc(-c2coc3cc(OC(=O)C(C)N)ccc3c2=O)cc1.Cl. The van der Waals surface area contributed by atoms with Gasteiger partial charge in [-0.1, -0.05) is 12.1 Å². The number of hydrogen-bond donors (Lipinski definition) is 1. The van der Waals surface area contributed by atoms with Crippen molar-refractivity contribution in [2.75, 3.05) is 7.11 Å². The van der Waals surface area contributed by atoms with Crippen molar-refractivity contribution in [2.45, 2.75) is 13.0 Å². The topological polar surface area (TPSA) is 91.8 Å². The first kappa shape index (κ1) is 19.5. The number of methoxy groups -OCH3 is 1. The molecule has 0 radical (unpaired) electrons. The van der Waals surface area contributed by atoms with Crippen LogP contribution in [0.15, 0.2) is 57.9 Å². The van der Waals surface area contributed by atoms with Crippen molar-refractivity contribution in [3.05, 3.63) is 59.0 Å². The zero-order chi connectivity index (χ0) is 18.0. The summed E-state index contributed by atoms with van der Waals surface area (Å²) in [5, 5.41) is 0.397. The Morgan fingerprint density at radius 2 is 1.77 bits per heavy atom. The van der Waals surface area contributed by atoms with Gasteiger partial charge in [0.1, 0.15) is 29.4 Å². The fourth-order valence-corrected chi connectivity index (χ4v) is 2.35. The number of hydrogen-bond acceptors (Lipinski definition) is 6. The van der Waals surface area contributed by atoms with Crippen molar-refractivity contribution in [3.8, 4) is 22.6 Å². The molecule has 0 amide bonds. The number of carbonyl (C=O) groups is 1. The molecule has 0 fully saturated rings. The molecule has 0 saturated carbocycles. The van der Waals surface area contributed by atoms with Gasteiger partial charge >= 0.3 is 5.97 Å². The van der Waals surface area contributed by atoms with E-state index >= 15 is 0 Å². The van der Waals surface area contributed by atoms with Gasteiger partial charge in [0, 0.05) is 6.07 Å². The maximum atomic E-state index is 12.7. The van der Waals surface area contributed by atoms with Crippen LogP contribution in [0.3, 0.4) is 0 Å². The van der Waals surface area contributed by atoms with Crippen LogP contribution in [-0.4, -0.2) is 19.1 Å². The second-order valence-electron chi connectivity index (χ2n) is 5.57. The molecule has 1 atom stereocenters. The van der Waals surface area contributed by atoms with Gasteiger partial charge in [0.2, 0.25) is 0 Å². The van der Waals surface area contributed by atoms with Gasteiger partial charge in [-0.15, -0.1) is 12.4 Å². The molecule has 2 N–H and O–H groups in total. The molecule has 0 aliphatic carbocycles. The molecule has 0 aliphatic rings. The number of halogens is 1. The number of esters is 1. The summed E-state index contributed by atoms with van der Waals surface area (Å²) in [5.41, 5.74) is 6.80. The lowest BCUT2D eigenvalue weighted by Crippen LogP contribution is -2.30. The molecular formula is C19H18ClNO5. The minimum Gasteiger partial charge on any atom is -0.497 e. The third kappa shape index (κ3) is 3.87. The van der Waals surface area contributed by atoms with E-state index < -0.39 is 12.0 Å². The third-order valence-corrected chi connectivity index (χ3v) is 3.74. The lowest BCUT2D eigenvalue weighted by molar-refractivity contribution is -0.135. The zero-order valence-electron chi connectivity index (χ0n) is 14.2. The molecule has 0 saturated heterocycles. The Morgan fingerprint density at radius 1 is 1.12 bits per heavy atom. The number of nitrogens with two attached hydrogens (primary N) is 1. The molecule has 7 heteroatoms. The van der Waals surface area contributed by atoms with Crippen molar-refractivity contribution in [1.82, 2.24) is 0 Å². The lowest BCUT2D eigenvalue weighted by Gasteiger charge is -2.08. The highest BCUT2D eigenvalue weighted by Crippen LogP contribution is 2.24. The summed E-state index contributed by atoms with van der Waals surface area (Å²) in [6.45, 7) is 1.53. The summed E-state index contributed by atoms with van der Waals surface area (Å²) in [4.78, 5) is 24.3. The molecule has 0 aliphatic heterocycles. The maximum Gasteiger partial charge on any atom is 0.328 e. The average Bonchev–Trinajstić information content (AvgIpc) is 2.62. The molecule has 6 nitrogen and oxygen atoms in total. The summed E-state index contributed by atoms with van der Waals surface area (Å²) in [5.74, 6) is 0.418. The fourth-order valence-electron chi connectivity index (χ4n) is 2.35. The monoisotopic (exact) mass is 375 g/mol. The highest BCUT2D eigenvalue weighted by Gasteiger charge is 2.13. The Bertz CT molecular complexity index is 979. The van der Waals surface area contributed by atoms with Crippen LogP contribution >= 0.6 is 12.4 Å². The average molecular weight is 376 g/mol. The zero-order valence-corrected chi connectivity index (χ0v) is 15.0. The minimum absolute atomic E-state index is 0. The molecule has 2 aromatic carbocycles. The maximum absolute atomic E-state index is 12.7. The number of rotatable bonds is 4. The van der Waals surface area contributed by atoms with Gasteiger partial charge in [-0.2, -0.15) is 0 Å². The number of benzene rings is 2. The van der Waals surface area contributed by atoms with E-state index in [2.05, 4.69) is 0 Å². The Morgan fingerprint density at radius 3 is 2.38 bits per heavy atom. The first-order valence-corrected chi connectivity index (χ1v) is 7.67. The van der Waals surface area contributed by atoms with Crippen LogP contribution in [0.5, 0.6) is 11.5 Å². The van der Waals surface area contributed by atoms with Crippen LogP contribution < -0.4 is 20.6 Å². The van der Waals surface area contributed by atoms with Crippen molar-refractivity contribution in [2.24, 2.45) is 5.73 Å². The Balaban J connectivity index is 0.00000243. The van der Waals surface area contributed by atoms with Crippen molar-refractivity contribution in [1.29, 1.82) is 0 Å². The van der Waals surface area contributed by atoms with Crippen LogP contribution in [0.25, 0.3) is 22.1 Å². The van der Waals surface area contributed by atoms with E-state index in [1.807, 2.05) is 0 Å². The third-order valence-electron chi connectivity index (χ3n) is 3.74. The van der Waals surface area contributed by atoms with E-state index in [4.69, 9.17) is 19.6 Å². The molecule has 26 heavy (non-hydrogen) atoms. The van der Waals surface area contributed by atoms with E-state index in [1.54, 1.807) is 37.4 Å². The van der Waals surface area contributed by atoms with Crippen molar-refractivity contribution < 1.29 is 18.7 Å². The van der Waals surface area contributed by atoms with Crippen LogP contribution in [0, 0.1) is 0 Å². The van der Waals surface area contributed by atoms with Gasteiger partial charge in [-0.05, 0) is 36.8 Å². The Hall–Kier alpha value is -2.83. The van der Waals surface area contributed by atoms with Crippen molar-refractivity contribution >= 4 is 29.3 Å². The summed E-state index contributed by atoms with van der Waals surface area (Å²) in [7, 11) is 1.58. The van der Waals surface area contributed by atoms with E-state index in [0.717, 1.165) is 5.56 Å². The van der Waals surface area contributed by atoms with E-state index in [9.17, 15) is 9.59 Å². The second-order valence-corrected chi connectivity index (χ2v) is 5.57. The molecule has 3 rings (SSSR count). The van der Waals surface area contributed by atoms with Crippen molar-refractivity contribution in [3.63, 3.8) is 0 Å². The highest BCUT2D eigenvalue weighted by atomic mass is 35.5. The molecule has 1 aromatic heterocycles. The smallest absolute Gasteiger partial charge is 0.328 e. The summed E-state index contributed by atoms with van der Waals surface area (Å²) >= 11 is 0. The molecule has 0 bridgehead atoms. The van der Waals surface area contributed by atoms with Gasteiger partial charge in [0.25, 0.3) is 0 Å². The van der Waals surface area contributed by atoms with Gasteiger partial charge in [0.05, 0.1) is 18.1 Å². The van der Waals surface area contributed by atoms with Crippen LogP contribution in [0.2, 0.25) is 0 Å². The molecule has 136 valence electrons. The van der Waals surface area contributed by atoms with Gasteiger partial charge in [-0.25, -0.2) is 4.79 Å². The van der Waals surface area contributed by atoms with E-state index in [-0.39, 0.29) is 23.6 Å². The second kappa shape index (κ2) is 8.03. The number of carbonyl (C=O) groups excluding carboxylic acids is 1. The summed E-state index contributed by atoms with van der Waals surface area (Å²) < 4.78 is 15.8. The first-order valence-electron chi connectivity index (χ1n) is 7.67. The lowest BCUT2D eigenvalue weighted by atomic mass is 10.1. The molecule has 0 spiro atoms. The van der Waals surface area contributed by atoms with Gasteiger partial charge < -0.3 is 19.6 Å². The van der Waals surface area contributed by atoms with Gasteiger partial charge in [0.15, 0.2) is 5.43 Å². The van der Waals surface area contributed by atoms with E-state index in [1.165, 1.54) is 25.3 Å². The normalized spacial score (nSPS) is 11.5. The van der Waals surface area contributed by atoms with Crippen LogP contribution in [-0.2, 0) is 4.79 Å². The first-order chi connectivity index (χ1) is 12.0. The molecular weight excluding hydrogens is 358 g/mol. The summed E-state index contributed by atoms with van der Waals surface area (Å²) in [6.07, 6.45) is 1.39. The quantitative estimate of drug-likeness (QED) is 0.556. The molecule has 3 aromatic rings. The fraction of sp³-hybridized carbons (Fsp3) is 0.158. The largest absolute Gasteiger partial charge is 0.497 e. The Labute approximate surface area is 155 Å². The van der Waals surface area contributed by atoms with Crippen LogP contribution in [0.4, 0.5) is 0 Å². The molecule has 1 heterocycles.